The van der Waals surface area contributed by atoms with E-state index < -0.39 is 7.82 Å². The van der Waals surface area contributed by atoms with Crippen LogP contribution in [-0.4, -0.2) is 32.3 Å². The lowest BCUT2D eigenvalue weighted by Gasteiger charge is -1.82. The highest BCUT2D eigenvalue weighted by Crippen LogP contribution is 2.25. The summed E-state index contributed by atoms with van der Waals surface area (Å²) in [6, 6.07) is 0. The van der Waals surface area contributed by atoms with Gasteiger partial charge in [0.25, 0.3) is 0 Å². The molecule has 0 saturated carbocycles. The fraction of sp³-hybridized carbons (Fsp3) is 0. The fourth-order valence-electron chi connectivity index (χ4n) is 0. The summed E-state index contributed by atoms with van der Waals surface area (Å²) in [6.07, 6.45) is 0. The standard InChI is InChI=1S/3C2H3N.H3O4P/c3*1-2-3;1-5(2,3)4/h3*3H,1H2;(H3,1,2,3,4). The van der Waals surface area contributed by atoms with Crippen LogP contribution < -0.4 is 0 Å². The van der Waals surface area contributed by atoms with Gasteiger partial charge in [-0.05, 0) is 37.3 Å². The molecule has 0 aliphatic carbocycles. The van der Waals surface area contributed by atoms with Gasteiger partial charge in [-0.1, -0.05) is 0 Å². The van der Waals surface area contributed by atoms with Gasteiger partial charge in [-0.15, -0.1) is 0 Å². The molecule has 80 valence electrons. The quantitative estimate of drug-likeness (QED) is 0.258. The van der Waals surface area contributed by atoms with Gasteiger partial charge in [-0.3, -0.25) is 16.2 Å². The van der Waals surface area contributed by atoms with E-state index in [1.54, 1.807) is 17.6 Å². The van der Waals surface area contributed by atoms with E-state index in [0.29, 0.717) is 0 Å². The van der Waals surface area contributed by atoms with Gasteiger partial charge in [0.1, 0.15) is 0 Å². The first-order valence-electron chi connectivity index (χ1n) is 2.59. The average molecular weight is 221 g/mol. The summed E-state index contributed by atoms with van der Waals surface area (Å²) in [4.78, 5) is 21.6. The third-order valence-electron chi connectivity index (χ3n) is 0. The maximum Gasteiger partial charge on any atom is 0.466 e. The Morgan fingerprint density at radius 2 is 0.857 bits per heavy atom. The van der Waals surface area contributed by atoms with Crippen LogP contribution in [-0.2, 0) is 4.57 Å². The number of phosphoric acid groups is 1. The molecule has 8 heteroatoms. The average Bonchev–Trinajstić information content (AvgIpc) is 1.86. The van der Waals surface area contributed by atoms with E-state index >= 15 is 0 Å². The largest absolute Gasteiger partial charge is 0.466 e. The Bertz CT molecular complexity index is 215. The topological polar surface area (TPSA) is 149 Å². The number of hydrogen-bond acceptors (Lipinski definition) is 4. The monoisotopic (exact) mass is 221 g/mol. The molecule has 0 spiro atoms. The van der Waals surface area contributed by atoms with E-state index in [1.165, 1.54) is 0 Å². The second-order valence-corrected chi connectivity index (χ2v) is 2.07. The molecule has 0 heterocycles. The van der Waals surface area contributed by atoms with Gasteiger partial charge < -0.3 is 14.7 Å². The van der Waals surface area contributed by atoms with E-state index in [9.17, 15) is 0 Å². The smallest absolute Gasteiger partial charge is 0.303 e. The number of rotatable bonds is 0. The minimum Gasteiger partial charge on any atom is -0.303 e. The summed E-state index contributed by atoms with van der Waals surface area (Å²) in [5.41, 5.74) is 0. The molecule has 0 aliphatic heterocycles. The van der Waals surface area contributed by atoms with Crippen molar-refractivity contribution in [3.8, 4) is 0 Å². The van der Waals surface area contributed by atoms with Crippen molar-refractivity contribution in [3.63, 3.8) is 0 Å². The van der Waals surface area contributed by atoms with Crippen LogP contribution in [0, 0.1) is 16.2 Å². The lowest BCUT2D eigenvalue weighted by atomic mass is 11.2. The molecule has 0 aromatic carbocycles. The van der Waals surface area contributed by atoms with Crippen molar-refractivity contribution in [2.24, 2.45) is 0 Å². The number of hydrogen-bond donors (Lipinski definition) is 6. The highest BCUT2D eigenvalue weighted by molar-refractivity contribution is 7.45. The Morgan fingerprint density at radius 3 is 0.857 bits per heavy atom. The summed E-state index contributed by atoms with van der Waals surface area (Å²) in [5, 5.41) is 17.5. The Balaban J connectivity index is -0.0000000495. The minimum absolute atomic E-state index is 1.75. The summed E-state index contributed by atoms with van der Waals surface area (Å²) in [7, 11) is -4.64. The lowest BCUT2D eigenvalue weighted by Crippen LogP contribution is -1.66. The summed E-state index contributed by atoms with van der Waals surface area (Å²) >= 11 is 0. The molecule has 0 amide bonds. The van der Waals surface area contributed by atoms with Crippen LogP contribution in [0.1, 0.15) is 0 Å². The molecule has 0 rings (SSSR count). The molecule has 0 unspecified atom stereocenters. The highest BCUT2D eigenvalue weighted by Gasteiger charge is 2.00. The zero-order chi connectivity index (χ0) is 12.6. The Labute approximate surface area is 81.5 Å². The van der Waals surface area contributed by atoms with Crippen LogP contribution in [0.15, 0.2) is 19.7 Å². The van der Waals surface area contributed by atoms with Crippen LogP contribution in [0.25, 0.3) is 0 Å². The first kappa shape index (κ1) is 22.9. The van der Waals surface area contributed by atoms with Crippen molar-refractivity contribution in [2.75, 3.05) is 0 Å². The van der Waals surface area contributed by atoms with Crippen molar-refractivity contribution in [1.82, 2.24) is 0 Å². The van der Waals surface area contributed by atoms with Gasteiger partial charge in [0.05, 0.1) is 0 Å². The number of nitrogens with one attached hydrogen (secondary N) is 3. The molecule has 0 bridgehead atoms. The van der Waals surface area contributed by atoms with Gasteiger partial charge >= 0.3 is 7.82 Å². The lowest BCUT2D eigenvalue weighted by molar-refractivity contribution is 0.275. The van der Waals surface area contributed by atoms with Crippen molar-refractivity contribution < 1.29 is 19.2 Å². The highest BCUT2D eigenvalue weighted by atomic mass is 31.2. The zero-order valence-electron chi connectivity index (χ0n) is 7.32. The van der Waals surface area contributed by atoms with Crippen molar-refractivity contribution in [1.29, 1.82) is 16.2 Å². The third kappa shape index (κ3) is 395. The zero-order valence-corrected chi connectivity index (χ0v) is 8.21. The van der Waals surface area contributed by atoms with Crippen LogP contribution in [0.5, 0.6) is 0 Å². The van der Waals surface area contributed by atoms with E-state index in [4.69, 9.17) is 35.5 Å². The van der Waals surface area contributed by atoms with Gasteiger partial charge in [-0.25, -0.2) is 4.57 Å². The molecule has 0 fully saturated rings. The van der Waals surface area contributed by atoms with E-state index in [2.05, 4.69) is 19.7 Å². The van der Waals surface area contributed by atoms with Gasteiger partial charge in [0.15, 0.2) is 0 Å². The predicted molar refractivity (Wildman–Crippen MR) is 54.3 cm³/mol. The fourth-order valence-corrected chi connectivity index (χ4v) is 0. The second-order valence-electron chi connectivity index (χ2n) is 1.04. The Hall–Kier alpha value is -1.54. The van der Waals surface area contributed by atoms with E-state index in [1.807, 2.05) is 0 Å². The van der Waals surface area contributed by atoms with Gasteiger partial charge in [0, 0.05) is 0 Å². The SMILES string of the molecule is C=C=N.C=C=N.C=C=N.O=P(O)(O)O. The van der Waals surface area contributed by atoms with Gasteiger partial charge in [0.2, 0.25) is 0 Å². The van der Waals surface area contributed by atoms with Crippen LogP contribution in [0.4, 0.5) is 0 Å². The molecule has 0 aromatic rings. The third-order valence-corrected chi connectivity index (χ3v) is 0. The van der Waals surface area contributed by atoms with E-state index in [0.717, 1.165) is 0 Å². The molecule has 0 radical (unpaired) electrons. The molecule has 0 atom stereocenters. The van der Waals surface area contributed by atoms with E-state index in [-0.39, 0.29) is 0 Å². The molecular formula is C6H12N3O4P. The van der Waals surface area contributed by atoms with Crippen LogP contribution in [0.2, 0.25) is 0 Å². The minimum atomic E-state index is -4.64. The van der Waals surface area contributed by atoms with Gasteiger partial charge in [-0.2, -0.15) is 0 Å². The van der Waals surface area contributed by atoms with Crippen molar-refractivity contribution >= 4 is 25.4 Å². The Kier molecular flexibility index (Phi) is 36.8. The van der Waals surface area contributed by atoms with Crippen molar-refractivity contribution in [2.45, 2.75) is 0 Å². The molecular weight excluding hydrogens is 209 g/mol. The second kappa shape index (κ2) is 22.5. The van der Waals surface area contributed by atoms with Crippen molar-refractivity contribution in [3.05, 3.63) is 19.7 Å². The Morgan fingerprint density at radius 1 is 0.857 bits per heavy atom. The summed E-state index contributed by atoms with van der Waals surface area (Å²) < 4.78 is 8.88. The molecule has 7 nitrogen and oxygen atoms in total. The molecule has 14 heavy (non-hydrogen) atoms. The normalized spacial score (nSPS) is 5.93. The maximum atomic E-state index is 8.88. The first-order chi connectivity index (χ1) is 6.24. The first-order valence-corrected chi connectivity index (χ1v) is 4.16. The molecule has 0 aliphatic rings. The molecule has 0 aromatic heterocycles. The maximum absolute atomic E-state index is 8.88. The molecule has 0 saturated heterocycles. The molecule has 6 N–H and O–H groups in total. The predicted octanol–water partition coefficient (Wildman–Crippen LogP) is 0.334. The summed E-state index contributed by atoms with van der Waals surface area (Å²) in [6.45, 7) is 8.71. The van der Waals surface area contributed by atoms with Crippen LogP contribution in [0.3, 0.4) is 0 Å². The van der Waals surface area contributed by atoms with Crippen LogP contribution >= 0.6 is 7.82 Å². The summed E-state index contributed by atoms with van der Waals surface area (Å²) in [5.74, 6) is 5.25.